The van der Waals surface area contributed by atoms with E-state index in [-0.39, 0.29) is 0 Å². The lowest BCUT2D eigenvalue weighted by Crippen LogP contribution is -2.13. The fourth-order valence-electron chi connectivity index (χ4n) is 2.10. The third-order valence-electron chi connectivity index (χ3n) is 2.92. The highest BCUT2D eigenvalue weighted by atomic mass is 28.2. The highest BCUT2D eigenvalue weighted by Gasteiger charge is 2.43. The SMILES string of the molecule is C[Si]CCC1CCC2OC2C1. The van der Waals surface area contributed by atoms with E-state index in [0.717, 1.165) is 15.4 Å². The number of hydrogen-bond donors (Lipinski definition) is 0. The fraction of sp³-hybridized carbons (Fsp3) is 1.00. The van der Waals surface area contributed by atoms with E-state index in [1.54, 1.807) is 0 Å². The lowest BCUT2D eigenvalue weighted by Gasteiger charge is -2.17. The minimum atomic E-state index is 0.689. The Labute approximate surface area is 71.3 Å². The normalized spacial score (nSPS) is 41.7. The molecule has 0 amide bonds. The summed E-state index contributed by atoms with van der Waals surface area (Å²) in [5, 5.41) is 0. The van der Waals surface area contributed by atoms with Crippen LogP contribution in [0, 0.1) is 5.92 Å². The van der Waals surface area contributed by atoms with E-state index in [9.17, 15) is 0 Å². The molecule has 0 N–H and O–H groups in total. The molecule has 0 aromatic rings. The molecule has 1 nitrogen and oxygen atoms in total. The molecule has 2 aliphatic rings. The van der Waals surface area contributed by atoms with Gasteiger partial charge in [-0.15, -0.1) is 0 Å². The van der Waals surface area contributed by atoms with Crippen molar-refractivity contribution >= 4 is 9.52 Å². The molecule has 2 radical (unpaired) electrons. The molecular weight excluding hydrogens is 152 g/mol. The molecule has 1 saturated carbocycles. The van der Waals surface area contributed by atoms with Crippen molar-refractivity contribution in [3.63, 3.8) is 0 Å². The first-order valence-corrected chi connectivity index (χ1v) is 6.41. The van der Waals surface area contributed by atoms with Crippen LogP contribution < -0.4 is 0 Å². The Kier molecular flexibility index (Phi) is 2.32. The zero-order valence-corrected chi connectivity index (χ0v) is 8.18. The van der Waals surface area contributed by atoms with E-state index in [4.69, 9.17) is 4.74 Å². The molecule has 0 spiro atoms. The van der Waals surface area contributed by atoms with Gasteiger partial charge in [0, 0.05) is 9.52 Å². The molecule has 1 heterocycles. The molecule has 1 aliphatic heterocycles. The van der Waals surface area contributed by atoms with Crippen LogP contribution in [0.4, 0.5) is 0 Å². The molecule has 62 valence electrons. The maximum absolute atomic E-state index is 5.49. The minimum absolute atomic E-state index is 0.689. The number of rotatable bonds is 3. The van der Waals surface area contributed by atoms with Crippen LogP contribution in [0.1, 0.15) is 25.7 Å². The lowest BCUT2D eigenvalue weighted by atomic mass is 9.88. The van der Waals surface area contributed by atoms with Gasteiger partial charge in [-0.2, -0.15) is 0 Å². The van der Waals surface area contributed by atoms with E-state index in [1.807, 2.05) is 0 Å². The molecule has 2 fully saturated rings. The summed E-state index contributed by atoms with van der Waals surface area (Å²) in [5.74, 6) is 1.01. The Bertz CT molecular complexity index is 138. The van der Waals surface area contributed by atoms with Crippen LogP contribution in [0.2, 0.25) is 12.6 Å². The number of ether oxygens (including phenoxy) is 1. The first kappa shape index (κ1) is 7.81. The van der Waals surface area contributed by atoms with E-state index in [1.165, 1.54) is 31.7 Å². The Balaban J connectivity index is 1.68. The van der Waals surface area contributed by atoms with Gasteiger partial charge in [-0.3, -0.25) is 0 Å². The molecule has 3 unspecified atom stereocenters. The van der Waals surface area contributed by atoms with Crippen molar-refractivity contribution < 1.29 is 4.74 Å². The Morgan fingerprint density at radius 3 is 3.00 bits per heavy atom. The molecule has 0 aromatic carbocycles. The lowest BCUT2D eigenvalue weighted by molar-refractivity contribution is 0.357. The van der Waals surface area contributed by atoms with E-state index in [0.29, 0.717) is 12.2 Å². The van der Waals surface area contributed by atoms with Gasteiger partial charge < -0.3 is 4.74 Å². The van der Waals surface area contributed by atoms with Gasteiger partial charge in [0.1, 0.15) is 0 Å². The first-order chi connectivity index (χ1) is 5.40. The zero-order valence-electron chi connectivity index (χ0n) is 7.18. The second-order valence-corrected chi connectivity index (χ2v) is 4.99. The van der Waals surface area contributed by atoms with Gasteiger partial charge >= 0.3 is 0 Å². The fourth-order valence-corrected chi connectivity index (χ4v) is 2.79. The average molecular weight is 168 g/mol. The van der Waals surface area contributed by atoms with Crippen molar-refractivity contribution in [2.75, 3.05) is 0 Å². The van der Waals surface area contributed by atoms with Crippen LogP contribution in [-0.2, 0) is 4.74 Å². The average Bonchev–Trinajstić information content (AvgIpc) is 2.78. The van der Waals surface area contributed by atoms with E-state index < -0.39 is 0 Å². The summed E-state index contributed by atoms with van der Waals surface area (Å²) < 4.78 is 5.49. The van der Waals surface area contributed by atoms with Crippen molar-refractivity contribution in [3.05, 3.63) is 0 Å². The van der Waals surface area contributed by atoms with Crippen molar-refractivity contribution in [1.29, 1.82) is 0 Å². The Morgan fingerprint density at radius 1 is 1.36 bits per heavy atom. The summed E-state index contributed by atoms with van der Waals surface area (Å²) in [4.78, 5) is 0. The number of epoxide rings is 1. The van der Waals surface area contributed by atoms with Crippen LogP contribution in [0.25, 0.3) is 0 Å². The minimum Gasteiger partial charge on any atom is -0.370 e. The van der Waals surface area contributed by atoms with Crippen molar-refractivity contribution in [2.45, 2.75) is 50.5 Å². The molecule has 0 bridgehead atoms. The highest BCUT2D eigenvalue weighted by molar-refractivity contribution is 6.33. The summed E-state index contributed by atoms with van der Waals surface area (Å²) in [6, 6.07) is 1.45. The summed E-state index contributed by atoms with van der Waals surface area (Å²) in [6.45, 7) is 2.30. The maximum atomic E-state index is 5.49. The second-order valence-electron chi connectivity index (χ2n) is 3.78. The Morgan fingerprint density at radius 2 is 2.27 bits per heavy atom. The smallest absolute Gasteiger partial charge is 0.0844 e. The number of hydrogen-bond acceptors (Lipinski definition) is 1. The largest absolute Gasteiger partial charge is 0.370 e. The molecule has 0 aromatic heterocycles. The molecule has 1 aliphatic carbocycles. The van der Waals surface area contributed by atoms with Crippen molar-refractivity contribution in [3.8, 4) is 0 Å². The first-order valence-electron chi connectivity index (χ1n) is 4.70. The topological polar surface area (TPSA) is 12.5 Å². The van der Waals surface area contributed by atoms with Gasteiger partial charge in [0.2, 0.25) is 0 Å². The summed E-state index contributed by atoms with van der Waals surface area (Å²) in [6.07, 6.45) is 6.99. The summed E-state index contributed by atoms with van der Waals surface area (Å²) >= 11 is 0. The quantitative estimate of drug-likeness (QED) is 0.464. The van der Waals surface area contributed by atoms with Gasteiger partial charge in [-0.25, -0.2) is 0 Å². The molecule has 3 atom stereocenters. The van der Waals surface area contributed by atoms with Crippen LogP contribution in [0.5, 0.6) is 0 Å². The second kappa shape index (κ2) is 3.28. The predicted octanol–water partition coefficient (Wildman–Crippen LogP) is 2.11. The van der Waals surface area contributed by atoms with E-state index >= 15 is 0 Å². The maximum Gasteiger partial charge on any atom is 0.0844 e. The third-order valence-corrected chi connectivity index (χ3v) is 3.70. The van der Waals surface area contributed by atoms with Gasteiger partial charge in [-0.1, -0.05) is 19.0 Å². The standard InChI is InChI=1S/C9H16OSi/c1-11-5-4-7-2-3-8-9(6-7)10-8/h7-9H,2-6H2,1H3. The monoisotopic (exact) mass is 168 g/mol. The molecule has 1 saturated heterocycles. The van der Waals surface area contributed by atoms with Gasteiger partial charge in [0.25, 0.3) is 0 Å². The highest BCUT2D eigenvalue weighted by Crippen LogP contribution is 2.40. The molecule has 2 rings (SSSR count). The van der Waals surface area contributed by atoms with Crippen molar-refractivity contribution in [1.82, 2.24) is 0 Å². The predicted molar refractivity (Wildman–Crippen MR) is 47.0 cm³/mol. The molecule has 11 heavy (non-hydrogen) atoms. The van der Waals surface area contributed by atoms with Gasteiger partial charge in [0.05, 0.1) is 12.2 Å². The molecular formula is C9H16OSi. The number of fused-ring (bicyclic) bond motifs is 1. The van der Waals surface area contributed by atoms with Crippen LogP contribution in [0.3, 0.4) is 0 Å². The van der Waals surface area contributed by atoms with Crippen molar-refractivity contribution in [2.24, 2.45) is 5.92 Å². The van der Waals surface area contributed by atoms with Gasteiger partial charge in [-0.05, 0) is 25.2 Å². The summed E-state index contributed by atoms with van der Waals surface area (Å²) in [5.41, 5.74) is 0. The summed E-state index contributed by atoms with van der Waals surface area (Å²) in [7, 11) is 1.15. The van der Waals surface area contributed by atoms with Gasteiger partial charge in [0.15, 0.2) is 0 Å². The molecule has 2 heteroatoms. The zero-order chi connectivity index (χ0) is 7.68. The Hall–Kier alpha value is 0.177. The van der Waals surface area contributed by atoms with Crippen LogP contribution in [-0.4, -0.2) is 21.7 Å². The van der Waals surface area contributed by atoms with E-state index in [2.05, 4.69) is 6.55 Å². The van der Waals surface area contributed by atoms with Crippen LogP contribution >= 0.6 is 0 Å². The van der Waals surface area contributed by atoms with Crippen LogP contribution in [0.15, 0.2) is 0 Å². The third kappa shape index (κ3) is 1.85.